The van der Waals surface area contributed by atoms with Crippen molar-refractivity contribution >= 4 is 11.7 Å². The molecular weight excluding hydrogens is 334 g/mol. The second-order valence-electron chi connectivity index (χ2n) is 7.68. The number of hydrogen-bond donors (Lipinski definition) is 2. The zero-order chi connectivity index (χ0) is 18.8. The molecule has 138 valence electrons. The molecule has 1 heterocycles. The summed E-state index contributed by atoms with van der Waals surface area (Å²) in [5.41, 5.74) is 5.83. The van der Waals surface area contributed by atoms with Crippen LogP contribution in [0.3, 0.4) is 0 Å². The van der Waals surface area contributed by atoms with Crippen molar-refractivity contribution in [2.75, 3.05) is 5.32 Å². The highest BCUT2D eigenvalue weighted by Crippen LogP contribution is 2.39. The first-order valence-corrected chi connectivity index (χ1v) is 9.63. The third kappa shape index (κ3) is 4.27. The highest BCUT2D eigenvalue weighted by atomic mass is 16.1. The van der Waals surface area contributed by atoms with Crippen molar-refractivity contribution in [2.24, 2.45) is 0 Å². The summed E-state index contributed by atoms with van der Waals surface area (Å²) in [6.07, 6.45) is 2.77. The standard InChI is InChI=1S/C23H25N3O/c1-15(2)19-4-3-5-20(13-19)17-8-6-16(7-9-17)12-23(27)24-22-14-21(25-26-22)18-10-11-18/h3-9,13-15,18H,10-12H2,1-2H3,(H2,24,25,26,27). The van der Waals surface area contributed by atoms with Gasteiger partial charge in [-0.1, -0.05) is 62.4 Å². The molecule has 0 aliphatic heterocycles. The quantitative estimate of drug-likeness (QED) is 0.631. The van der Waals surface area contributed by atoms with Crippen LogP contribution in [0.25, 0.3) is 11.1 Å². The van der Waals surface area contributed by atoms with Gasteiger partial charge in [0.05, 0.1) is 6.42 Å². The van der Waals surface area contributed by atoms with Crippen molar-refractivity contribution in [3.05, 3.63) is 71.4 Å². The van der Waals surface area contributed by atoms with Crippen LogP contribution in [0.5, 0.6) is 0 Å². The molecule has 1 fully saturated rings. The molecule has 2 N–H and O–H groups in total. The maximum atomic E-state index is 12.3. The molecule has 1 aliphatic carbocycles. The number of nitrogens with one attached hydrogen (secondary N) is 2. The smallest absolute Gasteiger partial charge is 0.229 e. The lowest BCUT2D eigenvalue weighted by molar-refractivity contribution is -0.115. The Morgan fingerprint density at radius 3 is 2.59 bits per heavy atom. The van der Waals surface area contributed by atoms with Gasteiger partial charge in [0, 0.05) is 17.7 Å². The number of amides is 1. The number of benzene rings is 2. The van der Waals surface area contributed by atoms with Gasteiger partial charge in [0.15, 0.2) is 5.82 Å². The Bertz CT molecular complexity index is 936. The third-order valence-corrected chi connectivity index (χ3v) is 5.09. The second-order valence-corrected chi connectivity index (χ2v) is 7.68. The minimum atomic E-state index is -0.0431. The zero-order valence-electron chi connectivity index (χ0n) is 15.8. The van der Waals surface area contributed by atoms with Crippen LogP contribution < -0.4 is 5.32 Å². The number of rotatable bonds is 6. The zero-order valence-corrected chi connectivity index (χ0v) is 15.8. The van der Waals surface area contributed by atoms with Gasteiger partial charge in [0.2, 0.25) is 5.91 Å². The van der Waals surface area contributed by atoms with Gasteiger partial charge in [-0.25, -0.2) is 0 Å². The SMILES string of the molecule is CC(C)c1cccc(-c2ccc(CC(=O)Nc3cc(C4CC4)[nH]n3)cc2)c1. The predicted molar refractivity (Wildman–Crippen MR) is 109 cm³/mol. The van der Waals surface area contributed by atoms with E-state index in [1.807, 2.05) is 18.2 Å². The van der Waals surface area contributed by atoms with Crippen molar-refractivity contribution in [3.63, 3.8) is 0 Å². The highest BCUT2D eigenvalue weighted by molar-refractivity contribution is 5.91. The number of anilines is 1. The molecule has 3 aromatic rings. The molecular formula is C23H25N3O. The lowest BCUT2D eigenvalue weighted by Crippen LogP contribution is -2.14. The normalized spacial score (nSPS) is 13.7. The van der Waals surface area contributed by atoms with Gasteiger partial charge in [0.25, 0.3) is 0 Å². The van der Waals surface area contributed by atoms with Gasteiger partial charge in [-0.15, -0.1) is 0 Å². The van der Waals surface area contributed by atoms with Crippen molar-refractivity contribution in [2.45, 2.75) is 44.9 Å². The van der Waals surface area contributed by atoms with Crippen molar-refractivity contribution in [1.82, 2.24) is 10.2 Å². The Balaban J connectivity index is 1.39. The molecule has 1 amide bonds. The maximum Gasteiger partial charge on any atom is 0.229 e. The molecule has 4 rings (SSSR count). The van der Waals surface area contributed by atoms with Crippen LogP contribution in [0.15, 0.2) is 54.6 Å². The molecule has 4 nitrogen and oxygen atoms in total. The third-order valence-electron chi connectivity index (χ3n) is 5.09. The fourth-order valence-corrected chi connectivity index (χ4v) is 3.27. The first kappa shape index (κ1) is 17.5. The van der Waals surface area contributed by atoms with Gasteiger partial charge in [-0.2, -0.15) is 5.10 Å². The van der Waals surface area contributed by atoms with E-state index in [9.17, 15) is 4.79 Å². The number of hydrogen-bond acceptors (Lipinski definition) is 2. The van der Waals surface area contributed by atoms with E-state index in [0.717, 1.165) is 11.3 Å². The molecule has 0 atom stereocenters. The minimum absolute atomic E-state index is 0.0431. The van der Waals surface area contributed by atoms with Crippen LogP contribution in [-0.4, -0.2) is 16.1 Å². The molecule has 0 unspecified atom stereocenters. The maximum absolute atomic E-state index is 12.3. The molecule has 0 radical (unpaired) electrons. The van der Waals surface area contributed by atoms with Gasteiger partial charge in [0.1, 0.15) is 0 Å². The van der Waals surface area contributed by atoms with Crippen LogP contribution in [-0.2, 0) is 11.2 Å². The predicted octanol–water partition coefficient (Wildman–Crippen LogP) is 5.26. The number of nitrogens with zero attached hydrogens (tertiary/aromatic N) is 1. The van der Waals surface area contributed by atoms with E-state index in [4.69, 9.17) is 0 Å². The average Bonchev–Trinajstić information content (AvgIpc) is 3.42. The summed E-state index contributed by atoms with van der Waals surface area (Å²) in [6, 6.07) is 18.8. The molecule has 4 heteroatoms. The van der Waals surface area contributed by atoms with Crippen LogP contribution in [0.1, 0.15) is 55.3 Å². The summed E-state index contributed by atoms with van der Waals surface area (Å²) in [6.45, 7) is 4.40. The van der Waals surface area contributed by atoms with Crippen LogP contribution >= 0.6 is 0 Å². The van der Waals surface area contributed by atoms with Gasteiger partial charge >= 0.3 is 0 Å². The Kier molecular flexibility index (Phi) is 4.80. The lowest BCUT2D eigenvalue weighted by atomic mass is 9.97. The molecule has 0 saturated heterocycles. The number of carbonyl (C=O) groups excluding carboxylic acids is 1. The number of aromatic nitrogens is 2. The first-order valence-electron chi connectivity index (χ1n) is 9.63. The Labute approximate surface area is 160 Å². The van der Waals surface area contributed by atoms with Crippen molar-refractivity contribution in [3.8, 4) is 11.1 Å². The summed E-state index contributed by atoms with van der Waals surface area (Å²) >= 11 is 0. The average molecular weight is 359 g/mol. The van der Waals surface area contributed by atoms with Crippen LogP contribution in [0.4, 0.5) is 5.82 Å². The van der Waals surface area contributed by atoms with Crippen LogP contribution in [0.2, 0.25) is 0 Å². The molecule has 0 bridgehead atoms. The van der Waals surface area contributed by atoms with Crippen molar-refractivity contribution in [1.29, 1.82) is 0 Å². The molecule has 1 aromatic heterocycles. The monoisotopic (exact) mass is 359 g/mol. The van der Waals surface area contributed by atoms with E-state index in [1.165, 1.54) is 29.5 Å². The Morgan fingerprint density at radius 1 is 1.11 bits per heavy atom. The number of aromatic amines is 1. The molecule has 1 aliphatic rings. The van der Waals surface area contributed by atoms with E-state index >= 15 is 0 Å². The fraction of sp³-hybridized carbons (Fsp3) is 0.304. The van der Waals surface area contributed by atoms with Crippen LogP contribution in [0, 0.1) is 0 Å². The lowest BCUT2D eigenvalue weighted by Gasteiger charge is -2.09. The summed E-state index contributed by atoms with van der Waals surface area (Å²) in [7, 11) is 0. The summed E-state index contributed by atoms with van der Waals surface area (Å²) in [5, 5.41) is 10.1. The summed E-state index contributed by atoms with van der Waals surface area (Å²) in [4.78, 5) is 12.3. The first-order chi connectivity index (χ1) is 13.1. The number of H-pyrrole nitrogens is 1. The van der Waals surface area contributed by atoms with Crippen molar-refractivity contribution < 1.29 is 4.79 Å². The topological polar surface area (TPSA) is 57.8 Å². The van der Waals surface area contributed by atoms with E-state index in [-0.39, 0.29) is 5.91 Å². The fourth-order valence-electron chi connectivity index (χ4n) is 3.27. The Hall–Kier alpha value is -2.88. The summed E-state index contributed by atoms with van der Waals surface area (Å²) < 4.78 is 0. The van der Waals surface area contributed by atoms with Gasteiger partial charge < -0.3 is 5.32 Å². The molecule has 1 saturated carbocycles. The second kappa shape index (κ2) is 7.39. The van der Waals surface area contributed by atoms with E-state index in [1.54, 1.807) is 0 Å². The van der Waals surface area contributed by atoms with E-state index in [0.29, 0.717) is 24.1 Å². The minimum Gasteiger partial charge on any atom is -0.309 e. The van der Waals surface area contributed by atoms with Gasteiger partial charge in [-0.3, -0.25) is 9.89 Å². The Morgan fingerprint density at radius 2 is 1.89 bits per heavy atom. The molecule has 0 spiro atoms. The van der Waals surface area contributed by atoms with Gasteiger partial charge in [-0.05, 0) is 41.0 Å². The molecule has 27 heavy (non-hydrogen) atoms. The molecule has 2 aromatic carbocycles. The highest BCUT2D eigenvalue weighted by Gasteiger charge is 2.25. The largest absolute Gasteiger partial charge is 0.309 e. The van der Waals surface area contributed by atoms with E-state index < -0.39 is 0 Å². The number of carbonyl (C=O) groups is 1. The van der Waals surface area contributed by atoms with E-state index in [2.05, 4.69) is 65.8 Å². The summed E-state index contributed by atoms with van der Waals surface area (Å²) in [5.74, 6) is 1.68.